The Morgan fingerprint density at radius 1 is 0.895 bits per heavy atom. The molecule has 2 nitrogen and oxygen atoms in total. The SMILES string of the molecule is CCCCCCCCNCC1(CCC)CCNCC1. The molecule has 1 aliphatic rings. The van der Waals surface area contributed by atoms with Gasteiger partial charge in [0, 0.05) is 6.54 Å². The monoisotopic (exact) mass is 268 g/mol. The van der Waals surface area contributed by atoms with E-state index < -0.39 is 0 Å². The van der Waals surface area contributed by atoms with E-state index in [1.807, 2.05) is 0 Å². The Morgan fingerprint density at radius 2 is 1.58 bits per heavy atom. The fourth-order valence-corrected chi connectivity index (χ4v) is 3.39. The van der Waals surface area contributed by atoms with Crippen LogP contribution >= 0.6 is 0 Å². The van der Waals surface area contributed by atoms with Crippen LogP contribution in [0.5, 0.6) is 0 Å². The number of piperidine rings is 1. The van der Waals surface area contributed by atoms with Crippen LogP contribution in [0.3, 0.4) is 0 Å². The smallest absolute Gasteiger partial charge is 0.000876 e. The largest absolute Gasteiger partial charge is 0.317 e. The molecule has 1 rings (SSSR count). The van der Waals surface area contributed by atoms with E-state index >= 15 is 0 Å². The van der Waals surface area contributed by atoms with Gasteiger partial charge in [-0.25, -0.2) is 0 Å². The van der Waals surface area contributed by atoms with E-state index in [9.17, 15) is 0 Å². The van der Waals surface area contributed by atoms with E-state index in [4.69, 9.17) is 0 Å². The van der Waals surface area contributed by atoms with Gasteiger partial charge in [0.15, 0.2) is 0 Å². The summed E-state index contributed by atoms with van der Waals surface area (Å²) in [5.41, 5.74) is 0.599. The molecule has 1 heterocycles. The van der Waals surface area contributed by atoms with Crippen LogP contribution in [-0.4, -0.2) is 26.2 Å². The Balaban J connectivity index is 2.05. The van der Waals surface area contributed by atoms with Gasteiger partial charge in [-0.05, 0) is 50.7 Å². The van der Waals surface area contributed by atoms with Crippen molar-refractivity contribution >= 4 is 0 Å². The van der Waals surface area contributed by atoms with Crippen molar-refractivity contribution in [3.8, 4) is 0 Å². The van der Waals surface area contributed by atoms with Crippen molar-refractivity contribution in [3.63, 3.8) is 0 Å². The minimum atomic E-state index is 0.599. The normalized spacial score (nSPS) is 18.6. The fraction of sp³-hybridized carbons (Fsp3) is 1.00. The van der Waals surface area contributed by atoms with E-state index in [2.05, 4.69) is 24.5 Å². The van der Waals surface area contributed by atoms with Crippen LogP contribution in [0.2, 0.25) is 0 Å². The summed E-state index contributed by atoms with van der Waals surface area (Å²) in [5.74, 6) is 0. The quantitative estimate of drug-likeness (QED) is 0.551. The second-order valence-corrected chi connectivity index (χ2v) is 6.44. The molecule has 1 aliphatic heterocycles. The van der Waals surface area contributed by atoms with Crippen molar-refractivity contribution in [2.45, 2.75) is 78.1 Å². The second-order valence-electron chi connectivity index (χ2n) is 6.44. The van der Waals surface area contributed by atoms with Crippen molar-refractivity contribution in [1.29, 1.82) is 0 Å². The lowest BCUT2D eigenvalue weighted by molar-refractivity contribution is 0.176. The van der Waals surface area contributed by atoms with Gasteiger partial charge in [0.05, 0.1) is 0 Å². The number of unbranched alkanes of at least 4 members (excludes halogenated alkanes) is 5. The third-order valence-electron chi connectivity index (χ3n) is 4.65. The topological polar surface area (TPSA) is 24.1 Å². The van der Waals surface area contributed by atoms with Gasteiger partial charge in [-0.15, -0.1) is 0 Å². The molecule has 0 spiro atoms. The summed E-state index contributed by atoms with van der Waals surface area (Å²) >= 11 is 0. The molecule has 1 saturated heterocycles. The van der Waals surface area contributed by atoms with E-state index in [0.717, 1.165) is 0 Å². The third kappa shape index (κ3) is 7.31. The highest BCUT2D eigenvalue weighted by Gasteiger charge is 2.30. The molecule has 1 fully saturated rings. The van der Waals surface area contributed by atoms with Gasteiger partial charge in [0.2, 0.25) is 0 Å². The molecule has 0 aromatic heterocycles. The summed E-state index contributed by atoms with van der Waals surface area (Å²) in [6.45, 7) is 9.53. The maximum atomic E-state index is 3.74. The van der Waals surface area contributed by atoms with E-state index in [1.165, 1.54) is 90.4 Å². The summed E-state index contributed by atoms with van der Waals surface area (Å²) in [7, 11) is 0. The van der Waals surface area contributed by atoms with Gasteiger partial charge in [-0.2, -0.15) is 0 Å². The molecule has 2 N–H and O–H groups in total. The first-order valence-corrected chi connectivity index (χ1v) is 8.74. The standard InChI is InChI=1S/C17H36N2/c1-3-5-6-7-8-9-13-19-16-17(10-4-2)11-14-18-15-12-17/h18-19H,3-16H2,1-2H3. The molecule has 0 radical (unpaired) electrons. The van der Waals surface area contributed by atoms with Crippen molar-refractivity contribution in [3.05, 3.63) is 0 Å². The van der Waals surface area contributed by atoms with Crippen LogP contribution in [0.4, 0.5) is 0 Å². The zero-order chi connectivity index (χ0) is 13.8. The van der Waals surface area contributed by atoms with Gasteiger partial charge in [-0.1, -0.05) is 52.4 Å². The average molecular weight is 268 g/mol. The van der Waals surface area contributed by atoms with Crippen molar-refractivity contribution in [1.82, 2.24) is 10.6 Å². The molecule has 0 bridgehead atoms. The molecule has 0 aliphatic carbocycles. The van der Waals surface area contributed by atoms with E-state index in [-0.39, 0.29) is 0 Å². The minimum Gasteiger partial charge on any atom is -0.317 e. The molecule has 19 heavy (non-hydrogen) atoms. The molecular formula is C17H36N2. The Kier molecular flexibility index (Phi) is 9.54. The maximum absolute atomic E-state index is 3.74. The highest BCUT2D eigenvalue weighted by molar-refractivity contribution is 4.86. The van der Waals surface area contributed by atoms with E-state index in [1.54, 1.807) is 0 Å². The number of hydrogen-bond donors (Lipinski definition) is 2. The molecule has 0 amide bonds. The summed E-state index contributed by atoms with van der Waals surface area (Å²) in [6.07, 6.45) is 13.9. The van der Waals surface area contributed by atoms with Crippen LogP contribution < -0.4 is 10.6 Å². The number of nitrogens with one attached hydrogen (secondary N) is 2. The highest BCUT2D eigenvalue weighted by Crippen LogP contribution is 2.33. The Hall–Kier alpha value is -0.0800. The van der Waals surface area contributed by atoms with Gasteiger partial charge >= 0.3 is 0 Å². The highest BCUT2D eigenvalue weighted by atomic mass is 14.9. The summed E-state index contributed by atoms with van der Waals surface area (Å²) in [5, 5.41) is 7.24. The molecule has 0 aromatic carbocycles. The van der Waals surface area contributed by atoms with Gasteiger partial charge in [0.1, 0.15) is 0 Å². The summed E-state index contributed by atoms with van der Waals surface area (Å²) < 4.78 is 0. The number of rotatable bonds is 11. The molecular weight excluding hydrogens is 232 g/mol. The van der Waals surface area contributed by atoms with Crippen LogP contribution in [0.25, 0.3) is 0 Å². The lowest BCUT2D eigenvalue weighted by Crippen LogP contribution is -2.43. The van der Waals surface area contributed by atoms with Gasteiger partial charge in [0.25, 0.3) is 0 Å². The lowest BCUT2D eigenvalue weighted by atomic mass is 9.75. The maximum Gasteiger partial charge on any atom is 0.000876 e. The third-order valence-corrected chi connectivity index (χ3v) is 4.65. The first-order chi connectivity index (χ1) is 9.33. The Morgan fingerprint density at radius 3 is 2.26 bits per heavy atom. The van der Waals surface area contributed by atoms with Crippen LogP contribution in [-0.2, 0) is 0 Å². The molecule has 0 unspecified atom stereocenters. The minimum absolute atomic E-state index is 0.599. The van der Waals surface area contributed by atoms with Gasteiger partial charge in [-0.3, -0.25) is 0 Å². The van der Waals surface area contributed by atoms with Gasteiger partial charge < -0.3 is 10.6 Å². The summed E-state index contributed by atoms with van der Waals surface area (Å²) in [4.78, 5) is 0. The Bertz CT molecular complexity index is 192. The van der Waals surface area contributed by atoms with Crippen molar-refractivity contribution in [2.24, 2.45) is 5.41 Å². The molecule has 0 aromatic rings. The molecule has 114 valence electrons. The predicted octanol–water partition coefficient (Wildman–Crippen LogP) is 4.11. The molecule has 2 heteroatoms. The predicted molar refractivity (Wildman–Crippen MR) is 85.7 cm³/mol. The van der Waals surface area contributed by atoms with Crippen LogP contribution in [0.1, 0.15) is 78.1 Å². The molecule has 0 saturated carbocycles. The summed E-state index contributed by atoms with van der Waals surface area (Å²) in [6, 6.07) is 0. The van der Waals surface area contributed by atoms with E-state index in [0.29, 0.717) is 5.41 Å². The first kappa shape index (κ1) is 17.0. The first-order valence-electron chi connectivity index (χ1n) is 8.74. The zero-order valence-electron chi connectivity index (χ0n) is 13.4. The second kappa shape index (κ2) is 10.7. The van der Waals surface area contributed by atoms with Crippen molar-refractivity contribution in [2.75, 3.05) is 26.2 Å². The average Bonchev–Trinajstić information content (AvgIpc) is 2.43. The zero-order valence-corrected chi connectivity index (χ0v) is 13.4. The number of hydrogen-bond acceptors (Lipinski definition) is 2. The van der Waals surface area contributed by atoms with Crippen LogP contribution in [0.15, 0.2) is 0 Å². The van der Waals surface area contributed by atoms with Crippen LogP contribution in [0, 0.1) is 5.41 Å². The fourth-order valence-electron chi connectivity index (χ4n) is 3.39. The molecule has 0 atom stereocenters. The van der Waals surface area contributed by atoms with Crippen molar-refractivity contribution < 1.29 is 0 Å². The lowest BCUT2D eigenvalue weighted by Gasteiger charge is -2.38. The Labute approximate surface area is 121 Å².